The van der Waals surface area contributed by atoms with E-state index in [1.165, 1.54) is 0 Å². The van der Waals surface area contributed by atoms with E-state index in [-0.39, 0.29) is 5.91 Å². The van der Waals surface area contributed by atoms with E-state index < -0.39 is 0 Å². The van der Waals surface area contributed by atoms with Crippen LogP contribution in [0.25, 0.3) is 0 Å². The second-order valence-corrected chi connectivity index (χ2v) is 4.45. The number of nitrogens with one attached hydrogen (secondary N) is 1. The van der Waals surface area contributed by atoms with Crippen LogP contribution in [0.15, 0.2) is 12.7 Å². The van der Waals surface area contributed by atoms with Crippen molar-refractivity contribution in [3.63, 3.8) is 0 Å². The van der Waals surface area contributed by atoms with Crippen LogP contribution in [0.4, 0.5) is 0 Å². The fourth-order valence-corrected chi connectivity index (χ4v) is 1.53. The Hall–Kier alpha value is -0.910. The predicted molar refractivity (Wildman–Crippen MR) is 74.7 cm³/mol. The van der Waals surface area contributed by atoms with Crippen molar-refractivity contribution in [3.8, 4) is 0 Å². The molecule has 0 radical (unpaired) electrons. The molecule has 106 valence electrons. The Kier molecular flexibility index (Phi) is 10.6. The maximum atomic E-state index is 12.0. The van der Waals surface area contributed by atoms with Gasteiger partial charge in [-0.1, -0.05) is 6.08 Å². The SMILES string of the molecule is C=CCNCC(=O)N(CCCN(C)C)CCOC. The minimum Gasteiger partial charge on any atom is -0.383 e. The summed E-state index contributed by atoms with van der Waals surface area (Å²) in [6.07, 6.45) is 2.72. The first-order valence-electron chi connectivity index (χ1n) is 6.34. The smallest absolute Gasteiger partial charge is 0.236 e. The molecule has 0 aliphatic heterocycles. The molecule has 0 spiro atoms. The zero-order valence-electron chi connectivity index (χ0n) is 11.9. The fourth-order valence-electron chi connectivity index (χ4n) is 1.53. The topological polar surface area (TPSA) is 44.8 Å². The van der Waals surface area contributed by atoms with Gasteiger partial charge >= 0.3 is 0 Å². The first-order valence-corrected chi connectivity index (χ1v) is 6.34. The molecule has 0 heterocycles. The largest absolute Gasteiger partial charge is 0.383 e. The highest BCUT2D eigenvalue weighted by Gasteiger charge is 2.12. The molecule has 0 aliphatic rings. The molecule has 0 aromatic heterocycles. The lowest BCUT2D eigenvalue weighted by Crippen LogP contribution is -2.41. The molecule has 5 heteroatoms. The molecule has 0 saturated heterocycles. The molecule has 0 unspecified atom stereocenters. The van der Waals surface area contributed by atoms with Gasteiger partial charge < -0.3 is 19.9 Å². The van der Waals surface area contributed by atoms with Gasteiger partial charge in [-0.05, 0) is 27.1 Å². The van der Waals surface area contributed by atoms with E-state index in [4.69, 9.17) is 4.74 Å². The minimum atomic E-state index is 0.118. The number of carbonyl (C=O) groups is 1. The number of hydrogen-bond donors (Lipinski definition) is 1. The van der Waals surface area contributed by atoms with Gasteiger partial charge in [0, 0.05) is 26.7 Å². The number of nitrogens with zero attached hydrogens (tertiary/aromatic N) is 2. The summed E-state index contributed by atoms with van der Waals surface area (Å²) in [5.41, 5.74) is 0. The highest BCUT2D eigenvalue weighted by Crippen LogP contribution is 1.94. The van der Waals surface area contributed by atoms with Crippen molar-refractivity contribution in [3.05, 3.63) is 12.7 Å². The van der Waals surface area contributed by atoms with Gasteiger partial charge in [0.2, 0.25) is 5.91 Å². The first kappa shape index (κ1) is 17.1. The van der Waals surface area contributed by atoms with Crippen LogP contribution in [0.1, 0.15) is 6.42 Å². The van der Waals surface area contributed by atoms with E-state index in [2.05, 4.69) is 16.8 Å². The second-order valence-electron chi connectivity index (χ2n) is 4.45. The molecule has 0 aliphatic carbocycles. The Bertz CT molecular complexity index is 232. The number of carbonyl (C=O) groups excluding carboxylic acids is 1. The van der Waals surface area contributed by atoms with Crippen LogP contribution in [-0.4, -0.2) is 76.2 Å². The summed E-state index contributed by atoms with van der Waals surface area (Å²) in [5.74, 6) is 0.118. The van der Waals surface area contributed by atoms with Crippen molar-refractivity contribution in [1.82, 2.24) is 15.1 Å². The van der Waals surface area contributed by atoms with E-state index in [0.29, 0.717) is 26.2 Å². The van der Waals surface area contributed by atoms with Gasteiger partial charge in [0.15, 0.2) is 0 Å². The number of hydrogen-bond acceptors (Lipinski definition) is 4. The number of methoxy groups -OCH3 is 1. The van der Waals surface area contributed by atoms with E-state index >= 15 is 0 Å². The lowest BCUT2D eigenvalue weighted by molar-refractivity contribution is -0.130. The van der Waals surface area contributed by atoms with Crippen molar-refractivity contribution in [2.24, 2.45) is 0 Å². The molecule has 0 aromatic rings. The molecule has 0 bridgehead atoms. The van der Waals surface area contributed by atoms with Crippen LogP contribution in [0, 0.1) is 0 Å². The third kappa shape index (κ3) is 9.15. The summed E-state index contributed by atoms with van der Waals surface area (Å²) >= 11 is 0. The molecular weight excluding hydrogens is 230 g/mol. The first-order chi connectivity index (χ1) is 8.61. The lowest BCUT2D eigenvalue weighted by atomic mass is 10.3. The highest BCUT2D eigenvalue weighted by atomic mass is 16.5. The van der Waals surface area contributed by atoms with E-state index in [1.54, 1.807) is 13.2 Å². The number of rotatable bonds is 11. The summed E-state index contributed by atoms with van der Waals surface area (Å²) in [4.78, 5) is 15.9. The minimum absolute atomic E-state index is 0.118. The van der Waals surface area contributed by atoms with Crippen LogP contribution >= 0.6 is 0 Å². The molecule has 0 atom stereocenters. The third-order valence-corrected chi connectivity index (χ3v) is 2.52. The maximum Gasteiger partial charge on any atom is 0.236 e. The van der Waals surface area contributed by atoms with E-state index in [0.717, 1.165) is 19.5 Å². The Morgan fingerprint density at radius 3 is 2.61 bits per heavy atom. The van der Waals surface area contributed by atoms with Crippen molar-refractivity contribution < 1.29 is 9.53 Å². The van der Waals surface area contributed by atoms with Crippen LogP contribution in [0.5, 0.6) is 0 Å². The van der Waals surface area contributed by atoms with Gasteiger partial charge in [-0.15, -0.1) is 6.58 Å². The van der Waals surface area contributed by atoms with Gasteiger partial charge in [0.25, 0.3) is 0 Å². The van der Waals surface area contributed by atoms with Crippen molar-refractivity contribution in [2.45, 2.75) is 6.42 Å². The van der Waals surface area contributed by atoms with Crippen LogP contribution in [-0.2, 0) is 9.53 Å². The van der Waals surface area contributed by atoms with Crippen molar-refractivity contribution in [1.29, 1.82) is 0 Å². The highest BCUT2D eigenvalue weighted by molar-refractivity contribution is 5.78. The van der Waals surface area contributed by atoms with Crippen LogP contribution < -0.4 is 5.32 Å². The average molecular weight is 257 g/mol. The van der Waals surface area contributed by atoms with Gasteiger partial charge in [0.05, 0.1) is 13.2 Å². The summed E-state index contributed by atoms with van der Waals surface area (Å²) in [6, 6.07) is 0. The summed E-state index contributed by atoms with van der Waals surface area (Å²) in [5, 5.41) is 3.03. The van der Waals surface area contributed by atoms with Gasteiger partial charge in [-0.2, -0.15) is 0 Å². The quantitative estimate of drug-likeness (QED) is 0.424. The molecule has 1 N–H and O–H groups in total. The van der Waals surface area contributed by atoms with Gasteiger partial charge in [-0.3, -0.25) is 4.79 Å². The monoisotopic (exact) mass is 257 g/mol. The average Bonchev–Trinajstić information content (AvgIpc) is 2.33. The zero-order valence-corrected chi connectivity index (χ0v) is 11.9. The Morgan fingerprint density at radius 2 is 2.06 bits per heavy atom. The molecule has 0 aromatic carbocycles. The molecular formula is C13H27N3O2. The molecule has 0 fully saturated rings. The van der Waals surface area contributed by atoms with Crippen molar-refractivity contribution >= 4 is 5.91 Å². The molecule has 0 saturated carbocycles. The molecule has 18 heavy (non-hydrogen) atoms. The van der Waals surface area contributed by atoms with Gasteiger partial charge in [0.1, 0.15) is 0 Å². The van der Waals surface area contributed by atoms with E-state index in [1.807, 2.05) is 19.0 Å². The van der Waals surface area contributed by atoms with Gasteiger partial charge in [-0.25, -0.2) is 0 Å². The number of amides is 1. The van der Waals surface area contributed by atoms with Crippen molar-refractivity contribution in [2.75, 3.05) is 60.5 Å². The molecule has 5 nitrogen and oxygen atoms in total. The van der Waals surface area contributed by atoms with E-state index in [9.17, 15) is 4.79 Å². The Morgan fingerprint density at radius 1 is 1.33 bits per heavy atom. The van der Waals surface area contributed by atoms with Crippen LogP contribution in [0.2, 0.25) is 0 Å². The zero-order chi connectivity index (χ0) is 13.8. The third-order valence-electron chi connectivity index (χ3n) is 2.52. The lowest BCUT2D eigenvalue weighted by Gasteiger charge is -2.23. The Balaban J connectivity index is 4.02. The normalized spacial score (nSPS) is 10.7. The van der Waals surface area contributed by atoms with Crippen LogP contribution in [0.3, 0.4) is 0 Å². The number of ether oxygens (including phenoxy) is 1. The predicted octanol–water partition coefficient (Wildman–Crippen LogP) is 0.189. The second kappa shape index (κ2) is 11.2. The molecule has 0 rings (SSSR count). The standard InChI is InChI=1S/C13H27N3O2/c1-5-7-14-12-13(17)16(10-11-18-4)9-6-8-15(2)3/h5,14H,1,6-12H2,2-4H3. The fraction of sp³-hybridized carbons (Fsp3) is 0.769. The summed E-state index contributed by atoms with van der Waals surface area (Å²) in [6.45, 7) is 7.61. The summed E-state index contributed by atoms with van der Waals surface area (Å²) < 4.78 is 5.03. The Labute approximate surface area is 111 Å². The maximum absolute atomic E-state index is 12.0. The molecule has 1 amide bonds. The summed E-state index contributed by atoms with van der Waals surface area (Å²) in [7, 11) is 5.72.